The van der Waals surface area contributed by atoms with Gasteiger partial charge in [-0.3, -0.25) is 9.59 Å². The minimum Gasteiger partial charge on any atom is -0.343 e. The van der Waals surface area contributed by atoms with Crippen LogP contribution in [0.4, 0.5) is 0 Å². The van der Waals surface area contributed by atoms with Gasteiger partial charge in [0.25, 0.3) is 0 Å². The molecule has 0 N–H and O–H groups in total. The van der Waals surface area contributed by atoms with E-state index in [4.69, 9.17) is 0 Å². The van der Waals surface area contributed by atoms with E-state index in [9.17, 15) is 9.59 Å². The van der Waals surface area contributed by atoms with Gasteiger partial charge in [0, 0.05) is 26.4 Å². The van der Waals surface area contributed by atoms with Crippen LogP contribution >= 0.6 is 0 Å². The van der Waals surface area contributed by atoms with Gasteiger partial charge in [-0.15, -0.1) is 0 Å². The van der Waals surface area contributed by atoms with Gasteiger partial charge in [0.05, 0.1) is 0 Å². The molecule has 0 spiro atoms. The van der Waals surface area contributed by atoms with E-state index in [0.717, 1.165) is 0 Å². The van der Waals surface area contributed by atoms with Crippen molar-refractivity contribution in [2.75, 3.05) is 13.1 Å². The molecule has 0 aliphatic heterocycles. The lowest BCUT2D eigenvalue weighted by atomic mass is 10.3. The van der Waals surface area contributed by atoms with Crippen LogP contribution in [0.5, 0.6) is 0 Å². The molecule has 0 aromatic carbocycles. The smallest absolute Gasteiger partial charge is 0.219 e. The summed E-state index contributed by atoms with van der Waals surface area (Å²) in [6.45, 7) is 6.20. The third-order valence-corrected chi connectivity index (χ3v) is 1.56. The first-order chi connectivity index (χ1) is 5.07. The first-order valence-corrected chi connectivity index (χ1v) is 3.82. The van der Waals surface area contributed by atoms with Crippen LogP contribution in [0, 0.1) is 0 Å². The monoisotopic (exact) mass is 157 g/mol. The van der Waals surface area contributed by atoms with E-state index in [1.54, 1.807) is 4.90 Å². The summed E-state index contributed by atoms with van der Waals surface area (Å²) in [7, 11) is 0. The first kappa shape index (κ1) is 10.1. The van der Waals surface area contributed by atoms with Crippen LogP contribution in [0.2, 0.25) is 0 Å². The average molecular weight is 157 g/mol. The van der Waals surface area contributed by atoms with Crippen molar-refractivity contribution in [1.29, 1.82) is 0 Å². The van der Waals surface area contributed by atoms with Gasteiger partial charge in [-0.25, -0.2) is 0 Å². The minimum absolute atomic E-state index is 0.0359. The van der Waals surface area contributed by atoms with E-state index in [2.05, 4.69) is 0 Å². The van der Waals surface area contributed by atoms with Crippen molar-refractivity contribution < 1.29 is 9.59 Å². The van der Waals surface area contributed by atoms with Gasteiger partial charge in [-0.05, 0) is 13.8 Å². The Morgan fingerprint density at radius 1 is 1.27 bits per heavy atom. The maximum Gasteiger partial charge on any atom is 0.219 e. The van der Waals surface area contributed by atoms with Gasteiger partial charge in [0.15, 0.2) is 0 Å². The zero-order valence-electron chi connectivity index (χ0n) is 7.39. The Hall–Kier alpha value is -0.860. The van der Waals surface area contributed by atoms with Crippen molar-refractivity contribution in [2.24, 2.45) is 0 Å². The molecule has 0 saturated heterocycles. The lowest BCUT2D eigenvalue weighted by Crippen LogP contribution is -2.30. The van der Waals surface area contributed by atoms with Crippen LogP contribution in [0.25, 0.3) is 0 Å². The van der Waals surface area contributed by atoms with Crippen LogP contribution in [0.15, 0.2) is 0 Å². The highest BCUT2D eigenvalue weighted by Gasteiger charge is 2.05. The van der Waals surface area contributed by atoms with Gasteiger partial charge < -0.3 is 4.90 Å². The quantitative estimate of drug-likeness (QED) is 0.606. The van der Waals surface area contributed by atoms with E-state index in [-0.39, 0.29) is 11.7 Å². The summed E-state index contributed by atoms with van der Waals surface area (Å²) in [5.74, 6) is 0.165. The molecule has 64 valence electrons. The summed E-state index contributed by atoms with van der Waals surface area (Å²) in [5, 5.41) is 0. The lowest BCUT2D eigenvalue weighted by molar-refractivity contribution is -0.129. The minimum atomic E-state index is 0.0359. The third kappa shape index (κ3) is 4.53. The van der Waals surface area contributed by atoms with E-state index in [0.29, 0.717) is 19.5 Å². The van der Waals surface area contributed by atoms with Crippen molar-refractivity contribution in [3.8, 4) is 0 Å². The number of carbonyl (C=O) groups is 2. The Kier molecular flexibility index (Phi) is 4.50. The van der Waals surface area contributed by atoms with Crippen molar-refractivity contribution in [2.45, 2.75) is 27.2 Å². The molecule has 0 aliphatic carbocycles. The fourth-order valence-electron chi connectivity index (χ4n) is 0.831. The summed E-state index contributed by atoms with van der Waals surface area (Å²) < 4.78 is 0. The maximum atomic E-state index is 10.8. The predicted octanol–water partition coefficient (Wildman–Crippen LogP) is 0.834. The van der Waals surface area contributed by atoms with Crippen LogP contribution in [-0.2, 0) is 9.59 Å². The van der Waals surface area contributed by atoms with Gasteiger partial charge >= 0.3 is 0 Å². The van der Waals surface area contributed by atoms with Crippen molar-refractivity contribution in [1.82, 2.24) is 4.90 Å². The standard InChI is InChI=1S/C8H15NO2/c1-4-9(8(3)11)6-5-7(2)10/h4-6H2,1-3H3. The molecular weight excluding hydrogens is 142 g/mol. The molecule has 3 heteroatoms. The van der Waals surface area contributed by atoms with E-state index in [1.165, 1.54) is 13.8 Å². The molecule has 0 rings (SSSR count). The van der Waals surface area contributed by atoms with E-state index < -0.39 is 0 Å². The highest BCUT2D eigenvalue weighted by molar-refractivity contribution is 5.77. The Labute approximate surface area is 67.4 Å². The molecule has 0 fully saturated rings. The zero-order chi connectivity index (χ0) is 8.85. The zero-order valence-corrected chi connectivity index (χ0v) is 7.39. The summed E-state index contributed by atoms with van der Waals surface area (Å²) in [5.41, 5.74) is 0. The van der Waals surface area contributed by atoms with Gasteiger partial charge in [-0.2, -0.15) is 0 Å². The summed E-state index contributed by atoms with van der Waals surface area (Å²) in [4.78, 5) is 23.0. The summed E-state index contributed by atoms with van der Waals surface area (Å²) >= 11 is 0. The van der Waals surface area contributed by atoms with Gasteiger partial charge in [0.1, 0.15) is 5.78 Å². The number of rotatable bonds is 4. The van der Waals surface area contributed by atoms with Crippen molar-refractivity contribution in [3.05, 3.63) is 0 Å². The molecule has 0 radical (unpaired) electrons. The highest BCUT2D eigenvalue weighted by Crippen LogP contribution is 1.92. The second-order valence-electron chi connectivity index (χ2n) is 2.55. The average Bonchev–Trinajstić information content (AvgIpc) is 1.87. The number of ketones is 1. The highest BCUT2D eigenvalue weighted by atomic mass is 16.2. The number of carbonyl (C=O) groups excluding carboxylic acids is 2. The Bertz CT molecular complexity index is 154. The summed E-state index contributed by atoms with van der Waals surface area (Å²) in [6.07, 6.45) is 0.466. The lowest BCUT2D eigenvalue weighted by Gasteiger charge is -2.17. The molecule has 0 atom stereocenters. The number of hydrogen-bond donors (Lipinski definition) is 0. The molecule has 0 aromatic rings. The molecular formula is C8H15NO2. The van der Waals surface area contributed by atoms with Gasteiger partial charge in [0.2, 0.25) is 5.91 Å². The molecule has 0 bridgehead atoms. The molecule has 0 aliphatic rings. The summed E-state index contributed by atoms with van der Waals surface area (Å²) in [6, 6.07) is 0. The number of Topliss-reactive ketones (excluding diaryl/α,β-unsaturated/α-hetero) is 1. The molecule has 1 amide bonds. The molecule has 3 nitrogen and oxygen atoms in total. The van der Waals surface area contributed by atoms with E-state index in [1.807, 2.05) is 6.92 Å². The molecule has 11 heavy (non-hydrogen) atoms. The van der Waals surface area contributed by atoms with Crippen LogP contribution in [0.3, 0.4) is 0 Å². The number of amides is 1. The van der Waals surface area contributed by atoms with Crippen LogP contribution < -0.4 is 0 Å². The van der Waals surface area contributed by atoms with Crippen LogP contribution in [0.1, 0.15) is 27.2 Å². The number of nitrogens with zero attached hydrogens (tertiary/aromatic N) is 1. The Morgan fingerprint density at radius 2 is 1.82 bits per heavy atom. The topological polar surface area (TPSA) is 37.4 Å². The largest absolute Gasteiger partial charge is 0.343 e. The van der Waals surface area contributed by atoms with Crippen LogP contribution in [-0.4, -0.2) is 29.7 Å². The van der Waals surface area contributed by atoms with Crippen molar-refractivity contribution >= 4 is 11.7 Å². The molecule has 0 saturated carbocycles. The normalized spacial score (nSPS) is 9.36. The molecule has 0 unspecified atom stereocenters. The SMILES string of the molecule is CCN(CCC(C)=O)C(C)=O. The molecule has 0 heterocycles. The molecule has 0 aromatic heterocycles. The Balaban J connectivity index is 3.70. The predicted molar refractivity (Wildman–Crippen MR) is 43.2 cm³/mol. The van der Waals surface area contributed by atoms with E-state index >= 15 is 0 Å². The van der Waals surface area contributed by atoms with Crippen molar-refractivity contribution in [3.63, 3.8) is 0 Å². The maximum absolute atomic E-state index is 10.8. The fraction of sp³-hybridized carbons (Fsp3) is 0.750. The Morgan fingerprint density at radius 3 is 2.09 bits per heavy atom. The first-order valence-electron chi connectivity index (χ1n) is 3.82. The number of hydrogen-bond acceptors (Lipinski definition) is 2. The van der Waals surface area contributed by atoms with Gasteiger partial charge in [-0.1, -0.05) is 0 Å². The second-order valence-corrected chi connectivity index (χ2v) is 2.55. The second kappa shape index (κ2) is 4.88. The third-order valence-electron chi connectivity index (χ3n) is 1.56. The fourth-order valence-corrected chi connectivity index (χ4v) is 0.831.